The topological polar surface area (TPSA) is 136 Å². The summed E-state index contributed by atoms with van der Waals surface area (Å²) in [7, 11) is 1.52. The number of nitrogens with zero attached hydrogens (tertiary/aromatic N) is 6. The molecule has 2 atom stereocenters. The highest BCUT2D eigenvalue weighted by Gasteiger charge is 2.46. The SMILES string of the molecule is Cn1c(=O)n(C2CCC(=O)NC2=O)c2ccc(C3CCN(CC4CCC(n5cc6cc(NC(=O)c7cccc(C(F)(F)F)n7)c(C(F)F)cc6n5)CC4)CC3(F)F)cc21. The molecule has 2 unspecified atom stereocenters. The highest BCUT2D eigenvalue weighted by molar-refractivity contribution is 6.04. The second-order valence-electron chi connectivity index (χ2n) is 15.7. The molecule has 3 aromatic heterocycles. The number of imide groups is 1. The molecular formula is C40H39F7N8O4. The van der Waals surface area contributed by atoms with Gasteiger partial charge in [0.1, 0.15) is 17.4 Å². The largest absolute Gasteiger partial charge is 0.433 e. The van der Waals surface area contributed by atoms with Gasteiger partial charge in [0.2, 0.25) is 11.8 Å². The van der Waals surface area contributed by atoms with Gasteiger partial charge in [0.15, 0.2) is 0 Å². The van der Waals surface area contributed by atoms with E-state index in [2.05, 4.69) is 20.7 Å². The van der Waals surface area contributed by atoms with Gasteiger partial charge >= 0.3 is 11.9 Å². The molecule has 8 rings (SSSR count). The van der Waals surface area contributed by atoms with Crippen molar-refractivity contribution in [1.29, 1.82) is 0 Å². The molecule has 19 heteroatoms. The zero-order valence-electron chi connectivity index (χ0n) is 31.6. The number of aromatic nitrogens is 5. The van der Waals surface area contributed by atoms with Crippen LogP contribution in [-0.2, 0) is 22.8 Å². The number of fused-ring (bicyclic) bond motifs is 2. The van der Waals surface area contributed by atoms with Crippen molar-refractivity contribution in [2.45, 2.75) is 81.5 Å². The second kappa shape index (κ2) is 15.2. The second-order valence-corrected chi connectivity index (χ2v) is 15.7. The molecule has 312 valence electrons. The number of amides is 3. The predicted molar refractivity (Wildman–Crippen MR) is 200 cm³/mol. The average molecular weight is 829 g/mol. The van der Waals surface area contributed by atoms with E-state index >= 15 is 8.78 Å². The lowest BCUT2D eigenvalue weighted by molar-refractivity contribution is -0.141. The van der Waals surface area contributed by atoms with E-state index in [9.17, 15) is 41.1 Å². The van der Waals surface area contributed by atoms with Gasteiger partial charge in [-0.25, -0.2) is 27.3 Å². The van der Waals surface area contributed by atoms with Gasteiger partial charge in [-0.15, -0.1) is 0 Å². The first-order valence-corrected chi connectivity index (χ1v) is 19.3. The molecular weight excluding hydrogens is 789 g/mol. The number of alkyl halides is 7. The molecule has 59 heavy (non-hydrogen) atoms. The summed E-state index contributed by atoms with van der Waals surface area (Å²) in [6.45, 7) is 0.472. The van der Waals surface area contributed by atoms with Gasteiger partial charge in [-0.2, -0.15) is 18.3 Å². The third-order valence-electron chi connectivity index (χ3n) is 11.9. The van der Waals surface area contributed by atoms with Crippen molar-refractivity contribution in [3.05, 3.63) is 87.7 Å². The number of halogens is 7. The molecule has 3 amide bonds. The Labute approximate surface area is 331 Å². The van der Waals surface area contributed by atoms with Gasteiger partial charge in [-0.05, 0) is 92.9 Å². The molecule has 2 aliphatic heterocycles. The number of imidazole rings is 1. The molecule has 5 aromatic rings. The summed E-state index contributed by atoms with van der Waals surface area (Å²) in [5.41, 5.74) is -1.70. The number of piperidine rings is 2. The number of carbonyl (C=O) groups excluding carboxylic acids is 3. The van der Waals surface area contributed by atoms with E-state index in [4.69, 9.17) is 0 Å². The van der Waals surface area contributed by atoms with Crippen LogP contribution in [-0.4, -0.2) is 72.1 Å². The Bertz CT molecular complexity index is 2520. The average Bonchev–Trinajstić information content (AvgIpc) is 3.71. The molecule has 5 heterocycles. The molecule has 0 spiro atoms. The number of benzene rings is 2. The first kappa shape index (κ1) is 40.2. The van der Waals surface area contributed by atoms with Gasteiger partial charge in [-0.3, -0.25) is 38.4 Å². The van der Waals surface area contributed by atoms with E-state index in [0.717, 1.165) is 31.0 Å². The molecule has 1 aliphatic carbocycles. The number of rotatable bonds is 8. The fourth-order valence-corrected chi connectivity index (χ4v) is 8.85. The van der Waals surface area contributed by atoms with Gasteiger partial charge in [0.05, 0.1) is 40.7 Å². The lowest BCUT2D eigenvalue weighted by atomic mass is 9.83. The van der Waals surface area contributed by atoms with E-state index in [0.29, 0.717) is 54.0 Å². The molecule has 2 N–H and O–H groups in total. The van der Waals surface area contributed by atoms with Gasteiger partial charge in [-0.1, -0.05) is 12.1 Å². The monoisotopic (exact) mass is 828 g/mol. The van der Waals surface area contributed by atoms with Crippen LogP contribution in [0, 0.1) is 5.92 Å². The minimum atomic E-state index is -4.80. The highest BCUT2D eigenvalue weighted by atomic mass is 19.4. The molecule has 2 saturated heterocycles. The zero-order chi connectivity index (χ0) is 42.0. The lowest BCUT2D eigenvalue weighted by Gasteiger charge is -2.41. The van der Waals surface area contributed by atoms with Gasteiger partial charge in [0, 0.05) is 37.2 Å². The molecule has 1 saturated carbocycles. The van der Waals surface area contributed by atoms with Gasteiger partial charge < -0.3 is 5.32 Å². The standard InChI is InChI=1S/C40H39F7N8O4/c1-52-32-16-22(7-10-30(32)55(38(52)59)31-11-12-34(56)50-37(31)58)26-13-14-53(20-39(26,43)44)18-21-5-8-24(9-6-21)54-19-23-15-29(25(35(41)42)17-28(23)51-54)49-36(57)27-3-2-4-33(48-27)40(45,46)47/h2-4,7,10,15-17,19,21,24,26,31,35H,5-6,8-9,11-14,18,20H2,1H3,(H,49,57)(H,50,56,58). The first-order valence-electron chi connectivity index (χ1n) is 19.3. The third kappa shape index (κ3) is 7.83. The fraction of sp³-hybridized carbons (Fsp3) is 0.450. The number of carbonyl (C=O) groups is 3. The Morgan fingerprint density at radius 2 is 1.75 bits per heavy atom. The summed E-state index contributed by atoms with van der Waals surface area (Å²) in [6, 6.07) is 8.98. The molecule has 3 fully saturated rings. The third-order valence-corrected chi connectivity index (χ3v) is 11.9. The van der Waals surface area contributed by atoms with Gasteiger partial charge in [0.25, 0.3) is 18.3 Å². The summed E-state index contributed by atoms with van der Waals surface area (Å²) < 4.78 is 104. The van der Waals surface area contributed by atoms with Crippen LogP contribution in [0.15, 0.2) is 59.5 Å². The predicted octanol–water partition coefficient (Wildman–Crippen LogP) is 7.13. The van der Waals surface area contributed by atoms with E-state index < -0.39 is 77.4 Å². The van der Waals surface area contributed by atoms with Crippen molar-refractivity contribution in [3.63, 3.8) is 0 Å². The summed E-state index contributed by atoms with van der Waals surface area (Å²) in [5.74, 6) is -6.09. The lowest BCUT2D eigenvalue weighted by Crippen LogP contribution is -2.49. The maximum Gasteiger partial charge on any atom is 0.433 e. The Balaban J connectivity index is 0.898. The summed E-state index contributed by atoms with van der Waals surface area (Å²) in [4.78, 5) is 55.3. The van der Waals surface area contributed by atoms with Crippen LogP contribution in [0.25, 0.3) is 21.9 Å². The summed E-state index contributed by atoms with van der Waals surface area (Å²) in [6.07, 6.45) is -2.97. The van der Waals surface area contributed by atoms with Crippen LogP contribution in [0.2, 0.25) is 0 Å². The normalized spacial score (nSPS) is 22.9. The van der Waals surface area contributed by atoms with E-state index in [1.165, 1.54) is 22.2 Å². The Kier molecular flexibility index (Phi) is 10.4. The molecule has 0 radical (unpaired) electrons. The number of anilines is 1. The molecule has 3 aliphatic rings. The summed E-state index contributed by atoms with van der Waals surface area (Å²) >= 11 is 0. The number of likely N-dealkylation sites (tertiary alicyclic amines) is 1. The van der Waals surface area contributed by atoms with Crippen molar-refractivity contribution in [1.82, 2.24) is 34.1 Å². The number of nitrogens with one attached hydrogen (secondary N) is 2. The number of hydrogen-bond acceptors (Lipinski definition) is 7. The molecule has 0 bridgehead atoms. The van der Waals surface area contributed by atoms with Crippen LogP contribution < -0.4 is 16.3 Å². The van der Waals surface area contributed by atoms with Crippen molar-refractivity contribution in [2.24, 2.45) is 13.0 Å². The maximum absolute atomic E-state index is 15.9. The van der Waals surface area contributed by atoms with Crippen LogP contribution in [0.5, 0.6) is 0 Å². The number of pyridine rings is 1. The zero-order valence-corrected chi connectivity index (χ0v) is 31.6. The molecule has 2 aromatic carbocycles. The fourth-order valence-electron chi connectivity index (χ4n) is 8.85. The molecule has 12 nitrogen and oxygen atoms in total. The number of aryl methyl sites for hydroxylation is 1. The van der Waals surface area contributed by atoms with Crippen molar-refractivity contribution in [2.75, 3.05) is 25.0 Å². The quantitative estimate of drug-likeness (QED) is 0.126. The van der Waals surface area contributed by atoms with E-state index in [-0.39, 0.29) is 42.4 Å². The first-order chi connectivity index (χ1) is 28.0. The van der Waals surface area contributed by atoms with E-state index in [1.807, 2.05) is 0 Å². The van der Waals surface area contributed by atoms with E-state index in [1.54, 1.807) is 34.0 Å². The van der Waals surface area contributed by atoms with Crippen LogP contribution in [0.3, 0.4) is 0 Å². The van der Waals surface area contributed by atoms with Crippen LogP contribution in [0.4, 0.5) is 36.4 Å². The Morgan fingerprint density at radius 1 is 0.983 bits per heavy atom. The summed E-state index contributed by atoms with van der Waals surface area (Å²) in [5, 5.41) is 9.50. The van der Waals surface area contributed by atoms with Crippen LogP contribution in [0.1, 0.15) is 96.7 Å². The van der Waals surface area contributed by atoms with Crippen LogP contribution >= 0.6 is 0 Å². The van der Waals surface area contributed by atoms with Crippen molar-refractivity contribution >= 4 is 45.3 Å². The Hall–Kier alpha value is -5.59. The Morgan fingerprint density at radius 3 is 2.44 bits per heavy atom. The smallest absolute Gasteiger partial charge is 0.320 e. The maximum atomic E-state index is 15.9. The number of hydrogen-bond donors (Lipinski definition) is 2. The van der Waals surface area contributed by atoms with Crippen molar-refractivity contribution < 1.29 is 45.1 Å². The highest BCUT2D eigenvalue weighted by Crippen LogP contribution is 2.43. The van der Waals surface area contributed by atoms with Crippen molar-refractivity contribution in [3.8, 4) is 0 Å². The minimum absolute atomic E-state index is 0.0846. The minimum Gasteiger partial charge on any atom is -0.320 e.